The van der Waals surface area contributed by atoms with Crippen molar-refractivity contribution in [2.75, 3.05) is 27.2 Å². The second-order valence-electron chi connectivity index (χ2n) is 5.87. The number of aliphatic imine (C=N–C) groups is 2. The molecule has 4 amide bonds. The third-order valence-electron chi connectivity index (χ3n) is 3.88. The Labute approximate surface area is 152 Å². The summed E-state index contributed by atoms with van der Waals surface area (Å²) in [5.41, 5.74) is 10.5. The van der Waals surface area contributed by atoms with Gasteiger partial charge in [0.05, 0.1) is 6.54 Å². The molecule has 0 aromatic rings. The zero-order valence-corrected chi connectivity index (χ0v) is 15.2. The number of hydrogen-bond acceptors (Lipinski definition) is 5. The molecule has 146 valence electrons. The second-order valence-corrected chi connectivity index (χ2v) is 5.87. The van der Waals surface area contributed by atoms with Crippen LogP contribution in [0.2, 0.25) is 0 Å². The molecule has 1 unspecified atom stereocenters. The molecule has 1 atom stereocenters. The van der Waals surface area contributed by atoms with Crippen LogP contribution in [0.15, 0.2) is 9.98 Å². The van der Waals surface area contributed by atoms with E-state index in [1.54, 1.807) is 7.05 Å². The molecule has 0 radical (unpaired) electrons. The van der Waals surface area contributed by atoms with Crippen molar-refractivity contribution < 1.29 is 14.4 Å². The number of hydrogen-bond donors (Lipinski definition) is 5. The van der Waals surface area contributed by atoms with Crippen molar-refractivity contribution in [3.63, 3.8) is 0 Å². The van der Waals surface area contributed by atoms with Crippen molar-refractivity contribution in [2.45, 2.75) is 38.1 Å². The Morgan fingerprint density at radius 1 is 1.31 bits per heavy atom. The summed E-state index contributed by atoms with van der Waals surface area (Å²) in [6.45, 7) is 0.689. The third-order valence-corrected chi connectivity index (χ3v) is 3.88. The van der Waals surface area contributed by atoms with Crippen LogP contribution in [-0.2, 0) is 9.59 Å². The van der Waals surface area contributed by atoms with Crippen LogP contribution >= 0.6 is 0 Å². The van der Waals surface area contributed by atoms with Gasteiger partial charge in [-0.1, -0.05) is 12.8 Å². The number of nitrogens with two attached hydrogens (primary N) is 2. The average molecular weight is 368 g/mol. The van der Waals surface area contributed by atoms with Crippen molar-refractivity contribution in [1.82, 2.24) is 20.9 Å². The minimum absolute atomic E-state index is 0.0761. The molecule has 0 saturated heterocycles. The normalized spacial score (nSPS) is 16.2. The molecule has 0 bridgehead atoms. The van der Waals surface area contributed by atoms with E-state index in [4.69, 9.17) is 11.5 Å². The molecule has 1 heterocycles. The van der Waals surface area contributed by atoms with Crippen molar-refractivity contribution in [2.24, 2.45) is 21.5 Å². The zero-order valence-electron chi connectivity index (χ0n) is 15.2. The van der Waals surface area contributed by atoms with E-state index in [2.05, 4.69) is 25.9 Å². The quantitative estimate of drug-likeness (QED) is 0.198. The lowest BCUT2D eigenvalue weighted by molar-refractivity contribution is -0.138. The summed E-state index contributed by atoms with van der Waals surface area (Å²) in [6.07, 6.45) is 3.76. The number of carbonyl (C=O) groups excluding carboxylic acids is 3. The van der Waals surface area contributed by atoms with Gasteiger partial charge in [-0.15, -0.1) is 0 Å². The van der Waals surface area contributed by atoms with E-state index >= 15 is 0 Å². The van der Waals surface area contributed by atoms with Crippen LogP contribution in [-0.4, -0.2) is 67.9 Å². The average Bonchev–Trinajstić information content (AvgIpc) is 2.59. The monoisotopic (exact) mass is 368 g/mol. The SMILES string of the molecule is CNC(=O)NC1=NCC(N(C)C(=O)CCCCCCN=C(N)N)C(=O)N1. The van der Waals surface area contributed by atoms with Crippen LogP contribution in [0, 0.1) is 0 Å². The molecule has 0 fully saturated rings. The third kappa shape index (κ3) is 7.36. The number of guanidine groups is 2. The van der Waals surface area contributed by atoms with Gasteiger partial charge in [0, 0.05) is 27.1 Å². The van der Waals surface area contributed by atoms with Gasteiger partial charge in [0.25, 0.3) is 5.91 Å². The Balaban J connectivity index is 2.33. The molecule has 0 aromatic carbocycles. The van der Waals surface area contributed by atoms with E-state index in [0.29, 0.717) is 13.0 Å². The molecule has 1 rings (SSSR count). The molecule has 0 aromatic heterocycles. The minimum atomic E-state index is -0.681. The number of likely N-dealkylation sites (N-methyl/N-ethyl adjacent to an activating group) is 1. The van der Waals surface area contributed by atoms with E-state index in [0.717, 1.165) is 25.7 Å². The Kier molecular flexibility index (Phi) is 8.88. The predicted octanol–water partition coefficient (Wildman–Crippen LogP) is -1.55. The first-order valence-corrected chi connectivity index (χ1v) is 8.50. The molecule has 0 aliphatic carbocycles. The van der Waals surface area contributed by atoms with Gasteiger partial charge in [0.1, 0.15) is 6.04 Å². The van der Waals surface area contributed by atoms with Gasteiger partial charge in [-0.25, -0.2) is 9.79 Å². The van der Waals surface area contributed by atoms with Crippen LogP contribution in [0.5, 0.6) is 0 Å². The van der Waals surface area contributed by atoms with Gasteiger partial charge >= 0.3 is 6.03 Å². The zero-order chi connectivity index (χ0) is 19.5. The maximum atomic E-state index is 12.2. The smallest absolute Gasteiger partial charge is 0.321 e. The summed E-state index contributed by atoms with van der Waals surface area (Å²) in [7, 11) is 3.04. The number of unbranched alkanes of at least 4 members (excludes halogenated alkanes) is 3. The van der Waals surface area contributed by atoms with E-state index in [1.807, 2.05) is 0 Å². The highest BCUT2D eigenvalue weighted by atomic mass is 16.2. The Morgan fingerprint density at radius 3 is 2.62 bits per heavy atom. The fourth-order valence-corrected chi connectivity index (χ4v) is 2.34. The van der Waals surface area contributed by atoms with Crippen molar-refractivity contribution in [3.8, 4) is 0 Å². The molecule has 0 spiro atoms. The summed E-state index contributed by atoms with van der Waals surface area (Å²) >= 11 is 0. The molecule has 11 heteroatoms. The first-order chi connectivity index (χ1) is 12.3. The van der Waals surface area contributed by atoms with E-state index in [-0.39, 0.29) is 30.3 Å². The predicted molar refractivity (Wildman–Crippen MR) is 98.4 cm³/mol. The lowest BCUT2D eigenvalue weighted by atomic mass is 10.1. The van der Waals surface area contributed by atoms with Gasteiger partial charge in [0.2, 0.25) is 11.9 Å². The van der Waals surface area contributed by atoms with Crippen LogP contribution in [0.25, 0.3) is 0 Å². The summed E-state index contributed by atoms with van der Waals surface area (Å²) in [5, 5.41) is 7.23. The van der Waals surface area contributed by atoms with Crippen LogP contribution in [0.1, 0.15) is 32.1 Å². The molecule has 26 heavy (non-hydrogen) atoms. The fraction of sp³-hybridized carbons (Fsp3) is 0.667. The van der Waals surface area contributed by atoms with Crippen molar-refractivity contribution in [3.05, 3.63) is 0 Å². The molecular formula is C15H28N8O3. The van der Waals surface area contributed by atoms with E-state index < -0.39 is 12.1 Å². The topological polar surface area (TPSA) is 167 Å². The first kappa shape index (κ1) is 21.2. The van der Waals surface area contributed by atoms with Crippen molar-refractivity contribution >= 4 is 29.8 Å². The number of rotatable bonds is 8. The highest BCUT2D eigenvalue weighted by Gasteiger charge is 2.30. The van der Waals surface area contributed by atoms with Crippen LogP contribution in [0.4, 0.5) is 4.79 Å². The number of nitrogens with zero attached hydrogens (tertiary/aromatic N) is 3. The van der Waals surface area contributed by atoms with Crippen LogP contribution in [0.3, 0.4) is 0 Å². The Hall–Kier alpha value is -2.85. The summed E-state index contributed by atoms with van der Waals surface area (Å²) < 4.78 is 0. The van der Waals surface area contributed by atoms with E-state index in [9.17, 15) is 14.4 Å². The molecule has 7 N–H and O–H groups in total. The van der Waals surface area contributed by atoms with E-state index in [1.165, 1.54) is 11.9 Å². The molecular weight excluding hydrogens is 340 g/mol. The van der Waals surface area contributed by atoms with Gasteiger partial charge < -0.3 is 21.7 Å². The molecule has 0 saturated carbocycles. The molecule has 11 nitrogen and oxygen atoms in total. The van der Waals surface area contributed by atoms with Gasteiger partial charge in [0.15, 0.2) is 5.96 Å². The molecule has 1 aliphatic rings. The highest BCUT2D eigenvalue weighted by Crippen LogP contribution is 2.09. The Bertz CT molecular complexity index is 571. The maximum absolute atomic E-state index is 12.2. The Morgan fingerprint density at radius 2 is 2.00 bits per heavy atom. The minimum Gasteiger partial charge on any atom is -0.370 e. The van der Waals surface area contributed by atoms with Crippen molar-refractivity contribution in [1.29, 1.82) is 0 Å². The number of urea groups is 1. The summed E-state index contributed by atoms with van der Waals surface area (Å²) in [4.78, 5) is 45.0. The number of nitrogens with one attached hydrogen (secondary N) is 3. The first-order valence-electron chi connectivity index (χ1n) is 8.50. The highest BCUT2D eigenvalue weighted by molar-refractivity contribution is 6.07. The molecule has 1 aliphatic heterocycles. The second kappa shape index (κ2) is 10.9. The summed E-state index contributed by atoms with van der Waals surface area (Å²) in [5.74, 6) is -0.331. The number of amides is 4. The standard InChI is InChI=1S/C15H28N8O3/c1-18-15(26)22-14-20-9-10(12(25)21-14)23(2)11(24)7-5-3-4-6-8-19-13(16)17/h10H,3-9H2,1-2H3,(H4,16,17,19)(H3,18,20,21,22,25,26). The van der Waals surface area contributed by atoms with Gasteiger partial charge in [-0.05, 0) is 12.8 Å². The fourth-order valence-electron chi connectivity index (χ4n) is 2.34. The van der Waals surface area contributed by atoms with Gasteiger partial charge in [-0.2, -0.15) is 0 Å². The number of carbonyl (C=O) groups is 3. The largest absolute Gasteiger partial charge is 0.370 e. The lowest BCUT2D eigenvalue weighted by Crippen LogP contribution is -2.58. The van der Waals surface area contributed by atoms with Gasteiger partial charge in [-0.3, -0.25) is 25.2 Å². The lowest BCUT2D eigenvalue weighted by Gasteiger charge is -2.29. The summed E-state index contributed by atoms with van der Waals surface area (Å²) in [6, 6.07) is -1.16. The van der Waals surface area contributed by atoms with Crippen LogP contribution < -0.4 is 27.4 Å². The maximum Gasteiger partial charge on any atom is 0.321 e.